The van der Waals surface area contributed by atoms with E-state index in [2.05, 4.69) is 28.7 Å². The van der Waals surface area contributed by atoms with Crippen LogP contribution in [0.15, 0.2) is 36.4 Å². The Balaban J connectivity index is 1.35. The number of methoxy groups -OCH3 is 1. The normalized spacial score (nSPS) is 27.9. The van der Waals surface area contributed by atoms with Gasteiger partial charge < -0.3 is 14.6 Å². The summed E-state index contributed by atoms with van der Waals surface area (Å²) in [5, 5.41) is 9.19. The minimum absolute atomic E-state index is 0.134. The highest BCUT2D eigenvalue weighted by Gasteiger charge is 2.52. The summed E-state index contributed by atoms with van der Waals surface area (Å²) >= 11 is 2.07. The molecule has 2 aromatic carbocycles. The number of ether oxygens (including phenoxy) is 2. The largest absolute Gasteiger partial charge is 0.496 e. The van der Waals surface area contributed by atoms with Crippen LogP contribution in [0, 0.1) is 21.3 Å². The molecule has 0 amide bonds. The summed E-state index contributed by atoms with van der Waals surface area (Å²) in [6.07, 6.45) is 7.88. The van der Waals surface area contributed by atoms with E-state index < -0.39 is 5.97 Å². The Bertz CT molecular complexity index is 1040. The van der Waals surface area contributed by atoms with Gasteiger partial charge in [-0.1, -0.05) is 12.1 Å². The maximum absolute atomic E-state index is 12.9. The van der Waals surface area contributed by atoms with Gasteiger partial charge in [-0.3, -0.25) is 4.79 Å². The van der Waals surface area contributed by atoms with Crippen LogP contribution in [-0.2, 0) is 5.41 Å². The first-order valence-electron chi connectivity index (χ1n) is 11.2. The second kappa shape index (κ2) is 8.36. The van der Waals surface area contributed by atoms with Gasteiger partial charge in [-0.15, -0.1) is 0 Å². The molecule has 5 nitrogen and oxygen atoms in total. The Labute approximate surface area is 201 Å². The maximum atomic E-state index is 12.9. The Hall–Kier alpha value is -2.09. The van der Waals surface area contributed by atoms with Crippen LogP contribution in [0.1, 0.15) is 64.8 Å². The molecule has 0 aliphatic heterocycles. The molecule has 4 fully saturated rings. The lowest BCUT2D eigenvalue weighted by Crippen LogP contribution is -2.48. The first-order valence-corrected chi connectivity index (χ1v) is 12.3. The van der Waals surface area contributed by atoms with Crippen molar-refractivity contribution in [3.05, 3.63) is 56.7 Å². The van der Waals surface area contributed by atoms with Gasteiger partial charge in [-0.2, -0.15) is 0 Å². The summed E-state index contributed by atoms with van der Waals surface area (Å²) in [4.78, 5) is 24.1. The molecule has 4 saturated carbocycles. The number of benzene rings is 2. The molecule has 0 spiro atoms. The second-order valence-electron chi connectivity index (χ2n) is 9.78. The van der Waals surface area contributed by atoms with Crippen LogP contribution >= 0.6 is 22.6 Å². The number of carboxylic acids is 1. The molecule has 6 heteroatoms. The SMILES string of the molecule is COc1cc(C(=O)COc2cc(C(=O)O)ccc2I)ccc1C12CC3CC(CC(C3)C1)C2. The van der Waals surface area contributed by atoms with Gasteiger partial charge in [-0.25, -0.2) is 4.79 Å². The molecule has 0 unspecified atom stereocenters. The number of ketones is 1. The number of aromatic carboxylic acids is 1. The zero-order valence-corrected chi connectivity index (χ0v) is 20.3. The number of rotatable bonds is 7. The van der Waals surface area contributed by atoms with Crippen LogP contribution in [-0.4, -0.2) is 30.6 Å². The van der Waals surface area contributed by atoms with Crippen molar-refractivity contribution in [1.29, 1.82) is 0 Å². The molecule has 6 rings (SSSR count). The third-order valence-electron chi connectivity index (χ3n) is 7.67. The summed E-state index contributed by atoms with van der Waals surface area (Å²) in [6.45, 7) is -0.154. The van der Waals surface area contributed by atoms with Crippen molar-refractivity contribution < 1.29 is 24.2 Å². The Morgan fingerprint density at radius 2 is 1.56 bits per heavy atom. The van der Waals surface area contributed by atoms with Crippen molar-refractivity contribution in [1.82, 2.24) is 0 Å². The fourth-order valence-electron chi connectivity index (χ4n) is 6.72. The third kappa shape index (κ3) is 3.91. The average molecular weight is 546 g/mol. The number of Topliss-reactive ketones (excluding diaryl/α,β-unsaturated/α-hetero) is 1. The molecule has 168 valence electrons. The maximum Gasteiger partial charge on any atom is 0.335 e. The van der Waals surface area contributed by atoms with Gasteiger partial charge in [0.15, 0.2) is 12.4 Å². The first kappa shape index (κ1) is 21.7. The molecule has 0 heterocycles. The van der Waals surface area contributed by atoms with Gasteiger partial charge in [0.1, 0.15) is 11.5 Å². The summed E-state index contributed by atoms with van der Waals surface area (Å²) < 4.78 is 12.2. The molecule has 32 heavy (non-hydrogen) atoms. The van der Waals surface area contributed by atoms with E-state index in [-0.39, 0.29) is 23.4 Å². The zero-order chi connectivity index (χ0) is 22.5. The molecule has 4 bridgehead atoms. The summed E-state index contributed by atoms with van der Waals surface area (Å²) in [6, 6.07) is 10.5. The molecule has 0 radical (unpaired) electrons. The monoisotopic (exact) mass is 546 g/mol. The molecule has 4 aliphatic carbocycles. The smallest absolute Gasteiger partial charge is 0.335 e. The highest BCUT2D eigenvalue weighted by Crippen LogP contribution is 2.61. The highest BCUT2D eigenvalue weighted by molar-refractivity contribution is 14.1. The van der Waals surface area contributed by atoms with Gasteiger partial charge in [0.05, 0.1) is 16.2 Å². The first-order chi connectivity index (χ1) is 15.4. The van der Waals surface area contributed by atoms with Crippen molar-refractivity contribution in [3.8, 4) is 11.5 Å². The lowest BCUT2D eigenvalue weighted by atomic mass is 9.48. The number of hydrogen-bond donors (Lipinski definition) is 1. The summed E-state index contributed by atoms with van der Waals surface area (Å²) in [7, 11) is 1.68. The molecule has 0 saturated heterocycles. The van der Waals surface area contributed by atoms with Gasteiger partial charge in [0, 0.05) is 11.1 Å². The van der Waals surface area contributed by atoms with Crippen molar-refractivity contribution in [2.75, 3.05) is 13.7 Å². The fraction of sp³-hybridized carbons (Fsp3) is 0.462. The predicted molar refractivity (Wildman–Crippen MR) is 129 cm³/mol. The molecular weight excluding hydrogens is 519 g/mol. The zero-order valence-electron chi connectivity index (χ0n) is 18.1. The number of hydrogen-bond acceptors (Lipinski definition) is 4. The Kier molecular flexibility index (Phi) is 5.68. The molecule has 4 aliphatic rings. The van der Waals surface area contributed by atoms with Crippen molar-refractivity contribution in [2.45, 2.75) is 43.9 Å². The van der Waals surface area contributed by atoms with Gasteiger partial charge in [0.2, 0.25) is 0 Å². The number of carboxylic acid groups (broad SMARTS) is 1. The van der Waals surface area contributed by atoms with Crippen molar-refractivity contribution in [3.63, 3.8) is 0 Å². The summed E-state index contributed by atoms with van der Waals surface area (Å²) in [5.74, 6) is 2.54. The van der Waals surface area contributed by atoms with E-state index in [0.717, 1.165) is 27.1 Å². The van der Waals surface area contributed by atoms with Crippen LogP contribution in [0.4, 0.5) is 0 Å². The molecule has 0 aromatic heterocycles. The molecule has 1 N–H and O–H groups in total. The van der Waals surface area contributed by atoms with Crippen LogP contribution in [0.25, 0.3) is 0 Å². The number of halogens is 1. The Morgan fingerprint density at radius 1 is 0.969 bits per heavy atom. The van der Waals surface area contributed by atoms with Gasteiger partial charge >= 0.3 is 5.97 Å². The second-order valence-corrected chi connectivity index (χ2v) is 10.9. The number of carbonyl (C=O) groups is 2. The van der Waals surface area contributed by atoms with E-state index in [4.69, 9.17) is 9.47 Å². The van der Waals surface area contributed by atoms with Gasteiger partial charge in [0.25, 0.3) is 0 Å². The van der Waals surface area contributed by atoms with Gasteiger partial charge in [-0.05, 0) is 109 Å². The van der Waals surface area contributed by atoms with Crippen LogP contribution < -0.4 is 9.47 Å². The van der Waals surface area contributed by atoms with Crippen molar-refractivity contribution >= 4 is 34.3 Å². The van der Waals surface area contributed by atoms with Crippen LogP contribution in [0.3, 0.4) is 0 Å². The van der Waals surface area contributed by atoms with E-state index in [9.17, 15) is 14.7 Å². The predicted octanol–water partition coefficient (Wildman–Crippen LogP) is 5.73. The molecular formula is C26H27IO5. The van der Waals surface area contributed by atoms with E-state index in [1.807, 2.05) is 12.1 Å². The average Bonchev–Trinajstić information content (AvgIpc) is 2.76. The number of carbonyl (C=O) groups excluding carboxylic acids is 1. The van der Waals surface area contributed by atoms with Crippen LogP contribution in [0.5, 0.6) is 11.5 Å². The van der Waals surface area contributed by atoms with E-state index in [0.29, 0.717) is 11.3 Å². The van der Waals surface area contributed by atoms with E-state index >= 15 is 0 Å². The lowest BCUT2D eigenvalue weighted by molar-refractivity contribution is -0.00617. The van der Waals surface area contributed by atoms with E-state index in [1.165, 1.54) is 56.2 Å². The standard InChI is InChI=1S/C26H27IO5/c1-31-23-9-18(22(28)14-32-24-10-19(25(29)30)3-5-21(24)27)2-4-20(23)26-11-15-6-16(12-26)8-17(7-15)13-26/h2-5,9-10,15-17H,6-8,11-14H2,1H3,(H,29,30). The van der Waals surface area contributed by atoms with E-state index in [1.54, 1.807) is 13.2 Å². The third-order valence-corrected chi connectivity index (χ3v) is 8.56. The van der Waals surface area contributed by atoms with Crippen molar-refractivity contribution in [2.24, 2.45) is 17.8 Å². The Morgan fingerprint density at radius 3 is 2.16 bits per heavy atom. The summed E-state index contributed by atoms with van der Waals surface area (Å²) in [5.41, 5.74) is 2.15. The quantitative estimate of drug-likeness (QED) is 0.355. The molecule has 2 aromatic rings. The minimum atomic E-state index is -1.03. The minimum Gasteiger partial charge on any atom is -0.496 e. The molecule has 0 atom stereocenters. The highest BCUT2D eigenvalue weighted by atomic mass is 127. The topological polar surface area (TPSA) is 72.8 Å². The fourth-order valence-corrected chi connectivity index (χ4v) is 7.21. The lowest BCUT2D eigenvalue weighted by Gasteiger charge is -2.57. The van der Waals surface area contributed by atoms with Crippen LogP contribution in [0.2, 0.25) is 0 Å².